The van der Waals surface area contributed by atoms with E-state index in [0.29, 0.717) is 17.2 Å². The third-order valence-corrected chi connectivity index (χ3v) is 7.62. The Labute approximate surface area is 252 Å². The van der Waals surface area contributed by atoms with E-state index < -0.39 is 24.5 Å². The molecule has 4 aromatic rings. The summed E-state index contributed by atoms with van der Waals surface area (Å²) in [6.07, 6.45) is -1.30. The highest BCUT2D eigenvalue weighted by molar-refractivity contribution is 5.93. The fourth-order valence-corrected chi connectivity index (χ4v) is 4.71. The maximum absolute atomic E-state index is 12.4. The van der Waals surface area contributed by atoms with Gasteiger partial charge in [-0.05, 0) is 65.6 Å². The fraction of sp³-hybridized carbons (Fsp3) is 0.250. The van der Waals surface area contributed by atoms with Crippen LogP contribution < -0.4 is 14.2 Å². The van der Waals surface area contributed by atoms with Gasteiger partial charge in [0, 0.05) is 10.8 Å². The summed E-state index contributed by atoms with van der Waals surface area (Å²) >= 11 is 0. The number of ether oxygens (including phenoxy) is 4. The largest absolute Gasteiger partial charge is 0.513 e. The zero-order chi connectivity index (χ0) is 31.2. The van der Waals surface area contributed by atoms with Crippen LogP contribution in [0.5, 0.6) is 17.2 Å². The zero-order valence-electron chi connectivity index (χ0n) is 25.3. The van der Waals surface area contributed by atoms with E-state index in [2.05, 4.69) is 63.6 Å². The summed E-state index contributed by atoms with van der Waals surface area (Å²) < 4.78 is 20.3. The predicted molar refractivity (Wildman–Crippen MR) is 164 cm³/mol. The molecule has 0 spiro atoms. The molecule has 0 unspecified atom stereocenters. The molecule has 0 bridgehead atoms. The fourth-order valence-electron chi connectivity index (χ4n) is 4.71. The summed E-state index contributed by atoms with van der Waals surface area (Å²) in [5.74, 6) is -0.353. The second kappa shape index (κ2) is 12.9. The first kappa shape index (κ1) is 31.0. The van der Waals surface area contributed by atoms with Gasteiger partial charge in [-0.2, -0.15) is 0 Å². The molecule has 0 saturated heterocycles. The van der Waals surface area contributed by atoms with Crippen molar-refractivity contribution in [3.05, 3.63) is 125 Å². The standard InChI is InChI=1S/C36H36O7/c1-24-7-9-25(10-8-24)35(2,3)26-11-17-29(18-12-26)41-32(37)23-33(38)42-30-19-13-27(14-20-30)36(4,5)28-15-21-31(22-16-28)43-34(39)40-6/h7-22H,23H2,1-6H3. The molecule has 222 valence electrons. The van der Waals surface area contributed by atoms with E-state index >= 15 is 0 Å². The Balaban J connectivity index is 1.31. The van der Waals surface area contributed by atoms with Crippen LogP contribution in [0.1, 0.15) is 61.9 Å². The number of hydrogen-bond donors (Lipinski definition) is 0. The van der Waals surface area contributed by atoms with Gasteiger partial charge in [0.05, 0.1) is 7.11 Å². The van der Waals surface area contributed by atoms with E-state index in [9.17, 15) is 14.4 Å². The van der Waals surface area contributed by atoms with Crippen molar-refractivity contribution in [3.63, 3.8) is 0 Å². The third kappa shape index (κ3) is 7.68. The Morgan fingerprint density at radius 3 is 1.14 bits per heavy atom. The first-order valence-electron chi connectivity index (χ1n) is 13.9. The van der Waals surface area contributed by atoms with Gasteiger partial charge in [0.1, 0.15) is 23.7 Å². The highest BCUT2D eigenvalue weighted by atomic mass is 16.7. The molecular formula is C36H36O7. The molecule has 0 saturated carbocycles. The second-order valence-electron chi connectivity index (χ2n) is 11.4. The smallest absolute Gasteiger partial charge is 0.437 e. The summed E-state index contributed by atoms with van der Waals surface area (Å²) in [6, 6.07) is 30.0. The SMILES string of the molecule is COC(=O)Oc1ccc(C(C)(C)c2ccc(OC(=O)CC(=O)Oc3ccc(C(C)(C)c4ccc(C)cc4)cc3)cc2)cc1. The lowest BCUT2D eigenvalue weighted by atomic mass is 9.78. The Kier molecular flexibility index (Phi) is 9.34. The molecule has 0 N–H and O–H groups in total. The van der Waals surface area contributed by atoms with Crippen LogP contribution in [0.25, 0.3) is 0 Å². The maximum Gasteiger partial charge on any atom is 0.513 e. The zero-order valence-corrected chi connectivity index (χ0v) is 25.3. The van der Waals surface area contributed by atoms with Crippen molar-refractivity contribution in [3.8, 4) is 17.2 Å². The third-order valence-electron chi connectivity index (χ3n) is 7.62. The van der Waals surface area contributed by atoms with Crippen LogP contribution in [-0.2, 0) is 25.2 Å². The normalized spacial score (nSPS) is 11.4. The van der Waals surface area contributed by atoms with Gasteiger partial charge in [-0.1, -0.05) is 93.9 Å². The molecule has 4 aromatic carbocycles. The van der Waals surface area contributed by atoms with Crippen molar-refractivity contribution in [1.82, 2.24) is 0 Å². The number of carbonyl (C=O) groups excluding carboxylic acids is 3. The Bertz CT molecular complexity index is 1570. The van der Waals surface area contributed by atoms with Gasteiger partial charge in [0.2, 0.25) is 0 Å². The summed E-state index contributed by atoms with van der Waals surface area (Å²) in [5.41, 5.74) is 4.81. The van der Waals surface area contributed by atoms with E-state index in [1.54, 1.807) is 36.4 Å². The summed E-state index contributed by atoms with van der Waals surface area (Å²) in [6.45, 7) is 10.4. The number of esters is 2. The highest BCUT2D eigenvalue weighted by Gasteiger charge is 2.25. The van der Waals surface area contributed by atoms with Gasteiger partial charge in [-0.3, -0.25) is 9.59 Å². The van der Waals surface area contributed by atoms with E-state index in [-0.39, 0.29) is 10.8 Å². The van der Waals surface area contributed by atoms with Crippen LogP contribution >= 0.6 is 0 Å². The molecular weight excluding hydrogens is 544 g/mol. The number of rotatable bonds is 9. The summed E-state index contributed by atoms with van der Waals surface area (Å²) in [4.78, 5) is 36.2. The topological polar surface area (TPSA) is 88.1 Å². The summed E-state index contributed by atoms with van der Waals surface area (Å²) in [5, 5.41) is 0. The van der Waals surface area contributed by atoms with E-state index in [1.807, 2.05) is 36.4 Å². The number of methoxy groups -OCH3 is 1. The van der Waals surface area contributed by atoms with Crippen molar-refractivity contribution in [2.45, 2.75) is 51.9 Å². The molecule has 0 aliphatic heterocycles. The number of carbonyl (C=O) groups is 3. The Morgan fingerprint density at radius 1 is 0.512 bits per heavy atom. The molecule has 0 aliphatic carbocycles. The molecule has 0 fully saturated rings. The lowest BCUT2D eigenvalue weighted by Crippen LogP contribution is -2.20. The van der Waals surface area contributed by atoms with Crippen molar-refractivity contribution in [2.75, 3.05) is 7.11 Å². The van der Waals surface area contributed by atoms with E-state index in [1.165, 1.54) is 18.2 Å². The predicted octanol–water partition coefficient (Wildman–Crippen LogP) is 7.69. The van der Waals surface area contributed by atoms with Gasteiger partial charge in [-0.15, -0.1) is 0 Å². The Morgan fingerprint density at radius 2 is 0.814 bits per heavy atom. The molecule has 0 aromatic heterocycles. The summed E-state index contributed by atoms with van der Waals surface area (Å²) in [7, 11) is 1.25. The maximum atomic E-state index is 12.4. The minimum Gasteiger partial charge on any atom is -0.437 e. The quantitative estimate of drug-likeness (QED) is 0.0868. The lowest BCUT2D eigenvalue weighted by Gasteiger charge is -2.26. The molecule has 4 rings (SSSR count). The van der Waals surface area contributed by atoms with Crippen molar-refractivity contribution in [2.24, 2.45) is 0 Å². The molecule has 0 atom stereocenters. The average Bonchev–Trinajstić information content (AvgIpc) is 2.98. The van der Waals surface area contributed by atoms with Crippen molar-refractivity contribution < 1.29 is 33.3 Å². The molecule has 43 heavy (non-hydrogen) atoms. The number of benzene rings is 4. The van der Waals surface area contributed by atoms with Crippen LogP contribution in [0.3, 0.4) is 0 Å². The Hall–Kier alpha value is -4.91. The minimum absolute atomic E-state index is 0.226. The molecule has 0 amide bonds. The van der Waals surface area contributed by atoms with Gasteiger partial charge in [-0.25, -0.2) is 4.79 Å². The van der Waals surface area contributed by atoms with Gasteiger partial charge in [0.15, 0.2) is 0 Å². The van der Waals surface area contributed by atoms with Crippen LogP contribution in [-0.4, -0.2) is 25.2 Å². The van der Waals surface area contributed by atoms with Crippen LogP contribution in [0.2, 0.25) is 0 Å². The molecule has 0 radical (unpaired) electrons. The van der Waals surface area contributed by atoms with Crippen LogP contribution in [0, 0.1) is 6.92 Å². The molecule has 7 nitrogen and oxygen atoms in total. The number of hydrogen-bond acceptors (Lipinski definition) is 7. The van der Waals surface area contributed by atoms with E-state index in [0.717, 1.165) is 16.7 Å². The van der Waals surface area contributed by atoms with Crippen LogP contribution in [0.4, 0.5) is 4.79 Å². The van der Waals surface area contributed by atoms with Gasteiger partial charge >= 0.3 is 18.1 Å². The number of aryl methyl sites for hydroxylation is 1. The first-order chi connectivity index (χ1) is 20.4. The molecule has 0 heterocycles. The first-order valence-corrected chi connectivity index (χ1v) is 13.9. The van der Waals surface area contributed by atoms with E-state index in [4.69, 9.17) is 14.2 Å². The average molecular weight is 581 g/mol. The van der Waals surface area contributed by atoms with Gasteiger partial charge in [0.25, 0.3) is 0 Å². The molecule has 0 aliphatic rings. The molecule has 7 heteroatoms. The monoisotopic (exact) mass is 580 g/mol. The lowest BCUT2D eigenvalue weighted by molar-refractivity contribution is -0.144. The van der Waals surface area contributed by atoms with Crippen molar-refractivity contribution in [1.29, 1.82) is 0 Å². The second-order valence-corrected chi connectivity index (χ2v) is 11.4. The minimum atomic E-state index is -0.780. The van der Waals surface area contributed by atoms with Crippen molar-refractivity contribution >= 4 is 18.1 Å². The van der Waals surface area contributed by atoms with Gasteiger partial charge < -0.3 is 18.9 Å². The van der Waals surface area contributed by atoms with Crippen LogP contribution in [0.15, 0.2) is 97.1 Å². The highest BCUT2D eigenvalue weighted by Crippen LogP contribution is 2.34.